The average molecular weight is 257 g/mol. The van der Waals surface area contributed by atoms with Gasteiger partial charge in [0.2, 0.25) is 0 Å². The molecule has 1 aromatic carbocycles. The van der Waals surface area contributed by atoms with Crippen LogP contribution in [0.25, 0.3) is 0 Å². The van der Waals surface area contributed by atoms with Crippen molar-refractivity contribution < 1.29 is 0 Å². The lowest BCUT2D eigenvalue weighted by Crippen LogP contribution is -2.24. The second-order valence-electron chi connectivity index (χ2n) is 5.39. The summed E-state index contributed by atoms with van der Waals surface area (Å²) < 4.78 is 1.98. The van der Waals surface area contributed by atoms with Gasteiger partial charge in [-0.25, -0.2) is 0 Å². The summed E-state index contributed by atoms with van der Waals surface area (Å²) in [5.74, 6) is 0. The lowest BCUT2D eigenvalue weighted by Gasteiger charge is -2.08. The highest BCUT2D eigenvalue weighted by atomic mass is 15.3. The minimum Gasteiger partial charge on any atom is -0.314 e. The van der Waals surface area contributed by atoms with Gasteiger partial charge in [0.1, 0.15) is 0 Å². The lowest BCUT2D eigenvalue weighted by atomic mass is 10.1. The van der Waals surface area contributed by atoms with Gasteiger partial charge in [0.15, 0.2) is 0 Å². The maximum Gasteiger partial charge on any atom is 0.0659 e. The van der Waals surface area contributed by atoms with E-state index in [-0.39, 0.29) is 0 Å². The summed E-state index contributed by atoms with van der Waals surface area (Å²) in [4.78, 5) is 0. The predicted octanol–water partition coefficient (Wildman–Crippen LogP) is 2.78. The van der Waals surface area contributed by atoms with Gasteiger partial charge >= 0.3 is 0 Å². The first-order valence-corrected chi connectivity index (χ1v) is 6.94. The highest BCUT2D eigenvalue weighted by molar-refractivity contribution is 5.23. The smallest absolute Gasteiger partial charge is 0.0659 e. The van der Waals surface area contributed by atoms with Crippen LogP contribution in [0.2, 0.25) is 0 Å². The third-order valence-electron chi connectivity index (χ3n) is 3.10. The van der Waals surface area contributed by atoms with E-state index < -0.39 is 0 Å². The second kappa shape index (κ2) is 6.53. The van der Waals surface area contributed by atoms with Gasteiger partial charge in [-0.05, 0) is 36.6 Å². The maximum atomic E-state index is 4.31. The van der Waals surface area contributed by atoms with Crippen molar-refractivity contribution in [2.45, 2.75) is 39.8 Å². The second-order valence-corrected chi connectivity index (χ2v) is 5.39. The maximum absolute atomic E-state index is 4.31. The zero-order valence-corrected chi connectivity index (χ0v) is 12.1. The van der Waals surface area contributed by atoms with Crippen molar-refractivity contribution in [2.24, 2.45) is 0 Å². The van der Waals surface area contributed by atoms with Crippen LogP contribution in [0.15, 0.2) is 36.7 Å². The molecule has 0 aliphatic heterocycles. The first kappa shape index (κ1) is 13.8. The molecule has 0 unspecified atom stereocenters. The van der Waals surface area contributed by atoms with Crippen LogP contribution in [0.4, 0.5) is 0 Å². The zero-order chi connectivity index (χ0) is 13.7. The molecule has 0 atom stereocenters. The fourth-order valence-corrected chi connectivity index (χ4v) is 2.06. The molecule has 0 bridgehead atoms. The SMILES string of the molecule is Cc1cnn(Cc2ccc(CCNC(C)C)cc2)c1. The quantitative estimate of drug-likeness (QED) is 0.862. The standard InChI is InChI=1S/C16H23N3/c1-13(2)17-9-8-15-4-6-16(7-5-15)12-19-11-14(3)10-18-19/h4-7,10-11,13,17H,8-9,12H2,1-3H3. The third-order valence-corrected chi connectivity index (χ3v) is 3.10. The van der Waals surface area contributed by atoms with E-state index in [0.717, 1.165) is 19.5 Å². The van der Waals surface area contributed by atoms with E-state index in [0.29, 0.717) is 6.04 Å². The molecule has 0 aliphatic carbocycles. The number of nitrogens with one attached hydrogen (secondary N) is 1. The lowest BCUT2D eigenvalue weighted by molar-refractivity contribution is 0.590. The molecule has 0 spiro atoms. The zero-order valence-electron chi connectivity index (χ0n) is 12.1. The molecule has 3 nitrogen and oxygen atoms in total. The number of hydrogen-bond donors (Lipinski definition) is 1. The Balaban J connectivity index is 1.87. The van der Waals surface area contributed by atoms with Gasteiger partial charge in [-0.2, -0.15) is 5.10 Å². The molecule has 3 heteroatoms. The van der Waals surface area contributed by atoms with Crippen molar-refractivity contribution in [3.63, 3.8) is 0 Å². The molecule has 0 aliphatic rings. The molecule has 0 radical (unpaired) electrons. The van der Waals surface area contributed by atoms with Gasteiger partial charge in [-0.1, -0.05) is 38.1 Å². The molecule has 19 heavy (non-hydrogen) atoms. The molecule has 102 valence electrons. The molecule has 0 amide bonds. The average Bonchev–Trinajstić information content (AvgIpc) is 2.77. The molecule has 2 rings (SSSR count). The largest absolute Gasteiger partial charge is 0.314 e. The molecule has 2 aromatic rings. The Morgan fingerprint density at radius 3 is 2.42 bits per heavy atom. The van der Waals surface area contributed by atoms with E-state index in [1.807, 2.05) is 10.9 Å². The first-order valence-electron chi connectivity index (χ1n) is 6.94. The number of nitrogens with zero attached hydrogens (tertiary/aromatic N) is 2. The van der Waals surface area contributed by atoms with Crippen LogP contribution < -0.4 is 5.32 Å². The summed E-state index contributed by atoms with van der Waals surface area (Å²) >= 11 is 0. The van der Waals surface area contributed by atoms with Crippen LogP contribution in [-0.4, -0.2) is 22.4 Å². The van der Waals surface area contributed by atoms with Crippen molar-refractivity contribution in [3.8, 4) is 0 Å². The van der Waals surface area contributed by atoms with E-state index in [4.69, 9.17) is 0 Å². The van der Waals surface area contributed by atoms with Crippen LogP contribution in [0.1, 0.15) is 30.5 Å². The van der Waals surface area contributed by atoms with Crippen molar-refractivity contribution in [1.82, 2.24) is 15.1 Å². The Labute approximate surface area is 115 Å². The number of aromatic nitrogens is 2. The Morgan fingerprint density at radius 2 is 1.84 bits per heavy atom. The van der Waals surface area contributed by atoms with Crippen LogP contribution in [-0.2, 0) is 13.0 Å². The summed E-state index contributed by atoms with van der Waals surface area (Å²) in [7, 11) is 0. The fraction of sp³-hybridized carbons (Fsp3) is 0.438. The fourth-order valence-electron chi connectivity index (χ4n) is 2.06. The van der Waals surface area contributed by atoms with Crippen molar-refractivity contribution >= 4 is 0 Å². The van der Waals surface area contributed by atoms with Gasteiger partial charge in [-0.3, -0.25) is 4.68 Å². The minimum atomic E-state index is 0.558. The highest BCUT2D eigenvalue weighted by Crippen LogP contribution is 2.07. The molecule has 1 N–H and O–H groups in total. The molecular weight excluding hydrogens is 234 g/mol. The molecule has 0 fully saturated rings. The van der Waals surface area contributed by atoms with E-state index in [9.17, 15) is 0 Å². The van der Waals surface area contributed by atoms with Crippen LogP contribution >= 0.6 is 0 Å². The normalized spacial score (nSPS) is 11.2. The Hall–Kier alpha value is -1.61. The molecule has 0 saturated heterocycles. The Morgan fingerprint density at radius 1 is 1.16 bits per heavy atom. The Bertz CT molecular complexity index is 497. The van der Waals surface area contributed by atoms with Crippen molar-refractivity contribution in [2.75, 3.05) is 6.54 Å². The predicted molar refractivity (Wildman–Crippen MR) is 79.4 cm³/mol. The van der Waals surface area contributed by atoms with E-state index >= 15 is 0 Å². The van der Waals surface area contributed by atoms with Gasteiger partial charge in [0, 0.05) is 12.2 Å². The topological polar surface area (TPSA) is 29.9 Å². The monoisotopic (exact) mass is 257 g/mol. The van der Waals surface area contributed by atoms with Crippen LogP contribution in [0.5, 0.6) is 0 Å². The summed E-state index contributed by atoms with van der Waals surface area (Å²) in [5.41, 5.74) is 3.88. The minimum absolute atomic E-state index is 0.558. The summed E-state index contributed by atoms with van der Waals surface area (Å²) in [6.45, 7) is 8.30. The van der Waals surface area contributed by atoms with Gasteiger partial charge < -0.3 is 5.32 Å². The highest BCUT2D eigenvalue weighted by Gasteiger charge is 1.99. The van der Waals surface area contributed by atoms with Gasteiger partial charge in [0.25, 0.3) is 0 Å². The van der Waals surface area contributed by atoms with E-state index in [1.54, 1.807) is 0 Å². The molecule has 1 heterocycles. The first-order chi connectivity index (χ1) is 9.13. The van der Waals surface area contributed by atoms with Crippen molar-refractivity contribution in [3.05, 3.63) is 53.3 Å². The van der Waals surface area contributed by atoms with Crippen molar-refractivity contribution in [1.29, 1.82) is 0 Å². The van der Waals surface area contributed by atoms with Crippen LogP contribution in [0, 0.1) is 6.92 Å². The van der Waals surface area contributed by atoms with Gasteiger partial charge in [0.05, 0.1) is 12.7 Å². The number of aryl methyl sites for hydroxylation is 1. The third kappa shape index (κ3) is 4.52. The summed E-state index contributed by atoms with van der Waals surface area (Å²) in [6.07, 6.45) is 5.05. The van der Waals surface area contributed by atoms with Crippen LogP contribution in [0.3, 0.4) is 0 Å². The summed E-state index contributed by atoms with van der Waals surface area (Å²) in [5, 5.41) is 7.75. The Kier molecular flexibility index (Phi) is 4.74. The number of rotatable bonds is 6. The van der Waals surface area contributed by atoms with E-state index in [2.05, 4.69) is 61.6 Å². The molecule has 1 aromatic heterocycles. The van der Waals surface area contributed by atoms with E-state index in [1.165, 1.54) is 16.7 Å². The van der Waals surface area contributed by atoms with Gasteiger partial charge in [-0.15, -0.1) is 0 Å². The summed E-state index contributed by atoms with van der Waals surface area (Å²) in [6, 6.07) is 9.38. The molecule has 0 saturated carbocycles. The molecular formula is C16H23N3. The number of hydrogen-bond acceptors (Lipinski definition) is 2. The number of benzene rings is 1.